The van der Waals surface area contributed by atoms with Crippen LogP contribution in [0.5, 0.6) is 0 Å². The third-order valence-electron chi connectivity index (χ3n) is 2.81. The Morgan fingerprint density at radius 1 is 1.60 bits per heavy atom. The summed E-state index contributed by atoms with van der Waals surface area (Å²) < 4.78 is 5.32. The Morgan fingerprint density at radius 3 is 3.00 bits per heavy atom. The lowest BCUT2D eigenvalue weighted by Crippen LogP contribution is -2.38. The molecule has 1 unspecified atom stereocenters. The summed E-state index contributed by atoms with van der Waals surface area (Å²) >= 11 is 0. The van der Waals surface area contributed by atoms with E-state index in [2.05, 4.69) is 5.32 Å². The summed E-state index contributed by atoms with van der Waals surface area (Å²) in [5, 5.41) is 3.08. The maximum atomic E-state index is 11.9. The minimum Gasteiger partial charge on any atom is -0.381 e. The first-order valence-electron chi connectivity index (χ1n) is 5.73. The molecule has 1 heterocycles. The van der Waals surface area contributed by atoms with Crippen molar-refractivity contribution in [3.05, 3.63) is 0 Å². The fourth-order valence-corrected chi connectivity index (χ4v) is 1.85. The van der Waals surface area contributed by atoms with Gasteiger partial charge < -0.3 is 15.0 Å². The highest BCUT2D eigenvalue weighted by Crippen LogP contribution is 2.15. The van der Waals surface area contributed by atoms with Gasteiger partial charge in [-0.1, -0.05) is 0 Å². The van der Waals surface area contributed by atoms with Gasteiger partial charge in [0.1, 0.15) is 0 Å². The van der Waals surface area contributed by atoms with Crippen molar-refractivity contribution in [3.63, 3.8) is 0 Å². The lowest BCUT2D eigenvalue weighted by atomic mass is 10.0. The van der Waals surface area contributed by atoms with E-state index in [1.807, 2.05) is 19.0 Å². The van der Waals surface area contributed by atoms with Crippen molar-refractivity contribution < 1.29 is 9.53 Å². The van der Waals surface area contributed by atoms with Crippen LogP contribution in [-0.4, -0.2) is 51.2 Å². The van der Waals surface area contributed by atoms with Gasteiger partial charge in [-0.15, -0.1) is 0 Å². The van der Waals surface area contributed by atoms with Crippen molar-refractivity contribution in [3.8, 4) is 0 Å². The van der Waals surface area contributed by atoms with E-state index in [4.69, 9.17) is 4.74 Å². The maximum Gasteiger partial charge on any atom is 0.227 e. The van der Waals surface area contributed by atoms with Crippen molar-refractivity contribution in [1.29, 1.82) is 0 Å². The highest BCUT2D eigenvalue weighted by molar-refractivity contribution is 5.78. The summed E-state index contributed by atoms with van der Waals surface area (Å²) in [4.78, 5) is 13.7. The van der Waals surface area contributed by atoms with Gasteiger partial charge >= 0.3 is 0 Å². The predicted octanol–water partition coefficient (Wildman–Crippen LogP) is 0.481. The minimum atomic E-state index is 0.0957. The van der Waals surface area contributed by atoms with Gasteiger partial charge in [0.15, 0.2) is 0 Å². The molecule has 0 aliphatic carbocycles. The first-order valence-corrected chi connectivity index (χ1v) is 5.73. The molecule has 4 nitrogen and oxygen atoms in total. The zero-order valence-corrected chi connectivity index (χ0v) is 9.79. The Morgan fingerprint density at radius 2 is 2.40 bits per heavy atom. The van der Waals surface area contributed by atoms with Gasteiger partial charge in [-0.05, 0) is 32.9 Å². The van der Waals surface area contributed by atoms with E-state index in [0.717, 1.165) is 39.0 Å². The number of amides is 1. The summed E-state index contributed by atoms with van der Waals surface area (Å²) in [7, 11) is 3.81. The van der Waals surface area contributed by atoms with Crippen LogP contribution in [0.25, 0.3) is 0 Å². The van der Waals surface area contributed by atoms with Gasteiger partial charge in [0.2, 0.25) is 5.91 Å². The number of rotatable bonds is 5. The molecule has 1 aliphatic heterocycles. The number of nitrogens with zero attached hydrogens (tertiary/aromatic N) is 1. The minimum absolute atomic E-state index is 0.0957. The van der Waals surface area contributed by atoms with E-state index in [9.17, 15) is 4.79 Å². The number of carbonyl (C=O) groups is 1. The fraction of sp³-hybridized carbons (Fsp3) is 0.909. The van der Waals surface area contributed by atoms with E-state index in [-0.39, 0.29) is 11.8 Å². The van der Waals surface area contributed by atoms with Gasteiger partial charge in [0.05, 0.1) is 12.5 Å². The van der Waals surface area contributed by atoms with E-state index in [1.54, 1.807) is 0 Å². The van der Waals surface area contributed by atoms with Crippen LogP contribution in [0.2, 0.25) is 0 Å². The molecule has 1 N–H and O–H groups in total. The van der Waals surface area contributed by atoms with Crippen LogP contribution in [-0.2, 0) is 9.53 Å². The zero-order chi connectivity index (χ0) is 11.1. The second kappa shape index (κ2) is 6.80. The van der Waals surface area contributed by atoms with Gasteiger partial charge in [0.25, 0.3) is 0 Å². The third kappa shape index (κ3) is 4.18. The molecule has 0 spiro atoms. The molecule has 88 valence electrons. The average Bonchev–Trinajstić information content (AvgIpc) is 2.29. The second-order valence-corrected chi connectivity index (χ2v) is 4.13. The van der Waals surface area contributed by atoms with Crippen LogP contribution in [0.1, 0.15) is 19.3 Å². The van der Waals surface area contributed by atoms with E-state index in [1.165, 1.54) is 0 Å². The van der Waals surface area contributed by atoms with Crippen molar-refractivity contribution in [2.45, 2.75) is 19.3 Å². The molecule has 1 saturated heterocycles. The Balaban J connectivity index is 2.24. The van der Waals surface area contributed by atoms with Gasteiger partial charge in [-0.25, -0.2) is 0 Å². The molecule has 0 aromatic heterocycles. The first-order chi connectivity index (χ1) is 7.25. The summed E-state index contributed by atoms with van der Waals surface area (Å²) in [5.74, 6) is 0.337. The standard InChI is InChI=1S/C11H22N2O2/c1-12-6-4-7-13(2)11(14)10-5-3-8-15-9-10/h10,12H,3-9H2,1-2H3. The molecule has 1 aliphatic rings. The highest BCUT2D eigenvalue weighted by atomic mass is 16.5. The van der Waals surface area contributed by atoms with Crippen LogP contribution in [0.15, 0.2) is 0 Å². The van der Waals surface area contributed by atoms with Crippen LogP contribution in [0, 0.1) is 5.92 Å². The number of hydrogen-bond acceptors (Lipinski definition) is 3. The van der Waals surface area contributed by atoms with Gasteiger partial charge in [0, 0.05) is 20.2 Å². The average molecular weight is 214 g/mol. The van der Waals surface area contributed by atoms with Gasteiger partial charge in [-0.2, -0.15) is 0 Å². The van der Waals surface area contributed by atoms with Crippen molar-refractivity contribution in [2.75, 3.05) is 40.4 Å². The molecule has 0 aromatic rings. The summed E-state index contributed by atoms with van der Waals surface area (Å²) in [6.45, 7) is 3.21. The lowest BCUT2D eigenvalue weighted by molar-refractivity contribution is -0.138. The second-order valence-electron chi connectivity index (χ2n) is 4.13. The quantitative estimate of drug-likeness (QED) is 0.677. The fourth-order valence-electron chi connectivity index (χ4n) is 1.85. The molecule has 1 rings (SSSR count). The molecule has 1 amide bonds. The largest absolute Gasteiger partial charge is 0.381 e. The van der Waals surface area contributed by atoms with Crippen LogP contribution in [0.3, 0.4) is 0 Å². The number of carbonyl (C=O) groups excluding carboxylic acids is 1. The molecule has 0 saturated carbocycles. The number of ether oxygens (including phenoxy) is 1. The maximum absolute atomic E-state index is 11.9. The molecular formula is C11H22N2O2. The molecule has 1 atom stereocenters. The Hall–Kier alpha value is -0.610. The molecule has 15 heavy (non-hydrogen) atoms. The Labute approximate surface area is 92.0 Å². The highest BCUT2D eigenvalue weighted by Gasteiger charge is 2.24. The molecule has 0 radical (unpaired) electrons. The molecule has 0 bridgehead atoms. The summed E-state index contributed by atoms with van der Waals surface area (Å²) in [6, 6.07) is 0. The number of nitrogens with one attached hydrogen (secondary N) is 1. The SMILES string of the molecule is CNCCCN(C)C(=O)C1CCCOC1. The van der Waals surface area contributed by atoms with Crippen molar-refractivity contribution >= 4 is 5.91 Å². The zero-order valence-electron chi connectivity index (χ0n) is 9.79. The topological polar surface area (TPSA) is 41.6 Å². The van der Waals surface area contributed by atoms with E-state index in [0.29, 0.717) is 6.61 Å². The van der Waals surface area contributed by atoms with Gasteiger partial charge in [-0.3, -0.25) is 4.79 Å². The normalized spacial score (nSPS) is 21.3. The summed E-state index contributed by atoms with van der Waals surface area (Å²) in [5.41, 5.74) is 0. The smallest absolute Gasteiger partial charge is 0.227 e. The monoisotopic (exact) mass is 214 g/mol. The number of hydrogen-bond donors (Lipinski definition) is 1. The lowest BCUT2D eigenvalue weighted by Gasteiger charge is -2.26. The van der Waals surface area contributed by atoms with E-state index < -0.39 is 0 Å². The molecular weight excluding hydrogens is 192 g/mol. The van der Waals surface area contributed by atoms with Crippen LogP contribution < -0.4 is 5.32 Å². The van der Waals surface area contributed by atoms with E-state index >= 15 is 0 Å². The predicted molar refractivity (Wildman–Crippen MR) is 59.7 cm³/mol. The first kappa shape index (κ1) is 12.5. The third-order valence-corrected chi connectivity index (χ3v) is 2.81. The van der Waals surface area contributed by atoms with Crippen molar-refractivity contribution in [2.24, 2.45) is 5.92 Å². The Bertz CT molecular complexity index is 191. The van der Waals surface area contributed by atoms with Crippen molar-refractivity contribution in [1.82, 2.24) is 10.2 Å². The van der Waals surface area contributed by atoms with Crippen LogP contribution in [0.4, 0.5) is 0 Å². The molecule has 4 heteroatoms. The Kier molecular flexibility index (Phi) is 5.65. The summed E-state index contributed by atoms with van der Waals surface area (Å²) in [6.07, 6.45) is 3.00. The molecule has 1 fully saturated rings. The molecule has 0 aromatic carbocycles. The van der Waals surface area contributed by atoms with Crippen LogP contribution >= 0.6 is 0 Å².